The lowest BCUT2D eigenvalue weighted by atomic mass is 10.3. The van der Waals surface area contributed by atoms with Crippen LogP contribution < -0.4 is 5.32 Å². The summed E-state index contributed by atoms with van der Waals surface area (Å²) in [6.45, 7) is 1.58. The van der Waals surface area contributed by atoms with Crippen LogP contribution in [0.4, 0.5) is 5.13 Å². The first kappa shape index (κ1) is 8.97. The van der Waals surface area contributed by atoms with Gasteiger partial charge in [0.1, 0.15) is 0 Å². The van der Waals surface area contributed by atoms with E-state index in [9.17, 15) is 0 Å². The predicted octanol–water partition coefficient (Wildman–Crippen LogP) is 2.08. The lowest BCUT2D eigenvalue weighted by Crippen LogP contribution is -2.07. The molecule has 1 aliphatic rings. The molecule has 1 saturated carbocycles. The minimum absolute atomic E-state index is 0.734. The van der Waals surface area contributed by atoms with Gasteiger partial charge in [0.05, 0.1) is 12.3 Å². The number of hydrogen-bond acceptors (Lipinski definition) is 4. The zero-order chi connectivity index (χ0) is 9.10. The fourth-order valence-corrected chi connectivity index (χ4v) is 2.02. The van der Waals surface area contributed by atoms with Crippen LogP contribution in [-0.4, -0.2) is 25.2 Å². The number of nitrogens with one attached hydrogen (secondary N) is 1. The first-order chi connectivity index (χ1) is 6.40. The summed E-state index contributed by atoms with van der Waals surface area (Å²) >= 11 is 1.69. The van der Waals surface area contributed by atoms with Gasteiger partial charge in [-0.3, -0.25) is 0 Å². The van der Waals surface area contributed by atoms with Gasteiger partial charge in [-0.15, -0.1) is 11.3 Å². The highest BCUT2D eigenvalue weighted by molar-refractivity contribution is 7.13. The van der Waals surface area contributed by atoms with E-state index in [-0.39, 0.29) is 0 Å². The van der Waals surface area contributed by atoms with Gasteiger partial charge in [-0.05, 0) is 12.8 Å². The Balaban J connectivity index is 1.82. The molecular formula is C9H14N2OS. The van der Waals surface area contributed by atoms with Crippen molar-refractivity contribution >= 4 is 16.5 Å². The number of hydrogen-bond donors (Lipinski definition) is 1. The molecule has 2 rings (SSSR count). The summed E-state index contributed by atoms with van der Waals surface area (Å²) in [5.74, 6) is 0.759. The molecule has 13 heavy (non-hydrogen) atoms. The highest BCUT2D eigenvalue weighted by atomic mass is 32.1. The van der Waals surface area contributed by atoms with E-state index in [2.05, 4.69) is 15.7 Å². The van der Waals surface area contributed by atoms with Gasteiger partial charge in [-0.25, -0.2) is 4.98 Å². The first-order valence-corrected chi connectivity index (χ1v) is 5.46. The lowest BCUT2D eigenvalue weighted by molar-refractivity contribution is 0.211. The fourth-order valence-electron chi connectivity index (χ4n) is 1.19. The molecule has 0 atom stereocenters. The van der Waals surface area contributed by atoms with Crippen molar-refractivity contribution in [2.24, 2.45) is 0 Å². The Morgan fingerprint density at radius 1 is 1.69 bits per heavy atom. The van der Waals surface area contributed by atoms with Gasteiger partial charge in [0, 0.05) is 25.0 Å². The Morgan fingerprint density at radius 2 is 2.54 bits per heavy atom. The van der Waals surface area contributed by atoms with Crippen molar-refractivity contribution in [1.82, 2.24) is 4.98 Å². The molecule has 1 heterocycles. The average Bonchev–Trinajstić information content (AvgIpc) is 2.88. The number of anilines is 1. The van der Waals surface area contributed by atoms with E-state index in [4.69, 9.17) is 4.74 Å². The van der Waals surface area contributed by atoms with E-state index in [1.54, 1.807) is 18.4 Å². The molecule has 1 aromatic heterocycles. The highest BCUT2D eigenvalue weighted by Crippen LogP contribution is 2.40. The Kier molecular flexibility index (Phi) is 2.80. The number of ether oxygens (including phenoxy) is 1. The van der Waals surface area contributed by atoms with Crippen LogP contribution in [-0.2, 0) is 4.74 Å². The lowest BCUT2D eigenvalue weighted by Gasteiger charge is -1.99. The third kappa shape index (κ3) is 2.42. The molecular weight excluding hydrogens is 184 g/mol. The van der Waals surface area contributed by atoms with Crippen molar-refractivity contribution in [2.45, 2.75) is 18.8 Å². The summed E-state index contributed by atoms with van der Waals surface area (Å²) in [5, 5.41) is 6.42. The normalized spacial score (nSPS) is 16.1. The van der Waals surface area contributed by atoms with Gasteiger partial charge in [-0.1, -0.05) is 0 Å². The molecule has 1 N–H and O–H groups in total. The van der Waals surface area contributed by atoms with Crippen LogP contribution >= 0.6 is 11.3 Å². The van der Waals surface area contributed by atoms with Crippen LogP contribution in [0.15, 0.2) is 5.38 Å². The SMILES string of the molecule is COCCNc1nc(C2CC2)cs1. The van der Waals surface area contributed by atoms with Crippen LogP contribution in [0.1, 0.15) is 24.5 Å². The molecule has 0 unspecified atom stereocenters. The maximum absolute atomic E-state index is 4.94. The summed E-state index contributed by atoms with van der Waals surface area (Å²) in [4.78, 5) is 4.50. The second-order valence-corrected chi connectivity index (χ2v) is 4.13. The molecule has 4 heteroatoms. The number of aromatic nitrogens is 1. The van der Waals surface area contributed by atoms with Gasteiger partial charge >= 0.3 is 0 Å². The third-order valence-corrected chi connectivity index (χ3v) is 2.92. The van der Waals surface area contributed by atoms with Crippen LogP contribution in [0.5, 0.6) is 0 Å². The Morgan fingerprint density at radius 3 is 3.23 bits per heavy atom. The number of nitrogens with zero attached hydrogens (tertiary/aromatic N) is 1. The molecule has 0 aliphatic heterocycles. The van der Waals surface area contributed by atoms with Crippen LogP contribution in [0.25, 0.3) is 0 Å². The maximum Gasteiger partial charge on any atom is 0.182 e. The van der Waals surface area contributed by atoms with Crippen molar-refractivity contribution in [3.63, 3.8) is 0 Å². The zero-order valence-corrected chi connectivity index (χ0v) is 8.56. The van der Waals surface area contributed by atoms with E-state index < -0.39 is 0 Å². The maximum atomic E-state index is 4.94. The molecule has 0 bridgehead atoms. The van der Waals surface area contributed by atoms with Gasteiger partial charge in [0.2, 0.25) is 0 Å². The average molecular weight is 198 g/mol. The van der Waals surface area contributed by atoms with E-state index in [1.807, 2.05) is 0 Å². The van der Waals surface area contributed by atoms with Gasteiger partial charge in [0.15, 0.2) is 5.13 Å². The second kappa shape index (κ2) is 4.07. The number of rotatable bonds is 5. The summed E-state index contributed by atoms with van der Waals surface area (Å²) in [7, 11) is 1.71. The van der Waals surface area contributed by atoms with Crippen molar-refractivity contribution in [3.05, 3.63) is 11.1 Å². The minimum Gasteiger partial charge on any atom is -0.383 e. The molecule has 1 fully saturated rings. The van der Waals surface area contributed by atoms with E-state index in [0.717, 1.165) is 24.2 Å². The molecule has 0 aromatic carbocycles. The molecule has 72 valence electrons. The summed E-state index contributed by atoms with van der Waals surface area (Å²) in [5.41, 5.74) is 1.27. The second-order valence-electron chi connectivity index (χ2n) is 3.27. The Bertz CT molecular complexity index is 270. The quantitative estimate of drug-likeness (QED) is 0.735. The van der Waals surface area contributed by atoms with E-state index >= 15 is 0 Å². The van der Waals surface area contributed by atoms with Gasteiger partial charge < -0.3 is 10.1 Å². The molecule has 1 aromatic rings. The molecule has 0 radical (unpaired) electrons. The first-order valence-electron chi connectivity index (χ1n) is 4.58. The largest absolute Gasteiger partial charge is 0.383 e. The minimum atomic E-state index is 0.734. The smallest absolute Gasteiger partial charge is 0.182 e. The predicted molar refractivity (Wildman–Crippen MR) is 54.5 cm³/mol. The van der Waals surface area contributed by atoms with Crippen molar-refractivity contribution < 1.29 is 4.74 Å². The zero-order valence-electron chi connectivity index (χ0n) is 7.75. The van der Waals surface area contributed by atoms with Crippen LogP contribution in [0.3, 0.4) is 0 Å². The van der Waals surface area contributed by atoms with Crippen LogP contribution in [0, 0.1) is 0 Å². The topological polar surface area (TPSA) is 34.1 Å². The fraction of sp³-hybridized carbons (Fsp3) is 0.667. The highest BCUT2D eigenvalue weighted by Gasteiger charge is 2.25. The molecule has 3 nitrogen and oxygen atoms in total. The van der Waals surface area contributed by atoms with Crippen molar-refractivity contribution in [3.8, 4) is 0 Å². The monoisotopic (exact) mass is 198 g/mol. The molecule has 0 amide bonds. The summed E-state index contributed by atoms with van der Waals surface area (Å²) in [6.07, 6.45) is 2.64. The molecule has 0 spiro atoms. The third-order valence-electron chi connectivity index (χ3n) is 2.10. The number of methoxy groups -OCH3 is 1. The van der Waals surface area contributed by atoms with E-state index in [1.165, 1.54) is 18.5 Å². The number of thiazole rings is 1. The van der Waals surface area contributed by atoms with Crippen molar-refractivity contribution in [2.75, 3.05) is 25.6 Å². The summed E-state index contributed by atoms with van der Waals surface area (Å²) < 4.78 is 4.94. The molecule has 0 saturated heterocycles. The standard InChI is InChI=1S/C9H14N2OS/c1-12-5-4-10-9-11-8(6-13-9)7-2-3-7/h6-7H,2-5H2,1H3,(H,10,11). The van der Waals surface area contributed by atoms with Crippen LogP contribution in [0.2, 0.25) is 0 Å². The molecule has 1 aliphatic carbocycles. The van der Waals surface area contributed by atoms with Gasteiger partial charge in [-0.2, -0.15) is 0 Å². The van der Waals surface area contributed by atoms with E-state index in [0.29, 0.717) is 0 Å². The Labute approximate surface area is 82.1 Å². The van der Waals surface area contributed by atoms with Gasteiger partial charge in [0.25, 0.3) is 0 Å². The summed E-state index contributed by atoms with van der Waals surface area (Å²) in [6, 6.07) is 0. The van der Waals surface area contributed by atoms with Crippen molar-refractivity contribution in [1.29, 1.82) is 0 Å². The Hall–Kier alpha value is -0.610.